The highest BCUT2D eigenvalue weighted by atomic mass is 16.5. The smallest absolute Gasteiger partial charge is 0.128 e. The van der Waals surface area contributed by atoms with E-state index in [2.05, 4.69) is 33.1 Å². The van der Waals surface area contributed by atoms with Crippen LogP contribution < -0.4 is 4.90 Å². The summed E-state index contributed by atoms with van der Waals surface area (Å²) < 4.78 is 5.96. The van der Waals surface area contributed by atoms with Crippen LogP contribution in [0.15, 0.2) is 42.7 Å². The van der Waals surface area contributed by atoms with Crippen molar-refractivity contribution in [1.82, 2.24) is 14.9 Å². The van der Waals surface area contributed by atoms with Crippen molar-refractivity contribution < 1.29 is 4.74 Å². The Morgan fingerprint density at radius 1 is 1.21 bits per heavy atom. The molecular formula is C19H26N4O. The van der Waals surface area contributed by atoms with E-state index >= 15 is 0 Å². The third kappa shape index (κ3) is 4.76. The van der Waals surface area contributed by atoms with Gasteiger partial charge in [0.1, 0.15) is 5.82 Å². The van der Waals surface area contributed by atoms with Gasteiger partial charge in [-0.15, -0.1) is 0 Å². The predicted molar refractivity (Wildman–Crippen MR) is 96.1 cm³/mol. The van der Waals surface area contributed by atoms with Gasteiger partial charge in [-0.1, -0.05) is 6.07 Å². The minimum absolute atomic E-state index is 0.290. The minimum atomic E-state index is 0.290. The van der Waals surface area contributed by atoms with Crippen LogP contribution in [0.1, 0.15) is 17.7 Å². The van der Waals surface area contributed by atoms with E-state index < -0.39 is 0 Å². The summed E-state index contributed by atoms with van der Waals surface area (Å²) >= 11 is 0. The van der Waals surface area contributed by atoms with Crippen LogP contribution in [0.25, 0.3) is 0 Å². The van der Waals surface area contributed by atoms with Gasteiger partial charge in [0.05, 0.1) is 18.4 Å². The van der Waals surface area contributed by atoms with Crippen LogP contribution >= 0.6 is 0 Å². The van der Waals surface area contributed by atoms with Gasteiger partial charge in [-0.3, -0.25) is 9.88 Å². The number of aryl methyl sites for hydroxylation is 1. The molecule has 1 aliphatic heterocycles. The molecule has 5 heteroatoms. The summed E-state index contributed by atoms with van der Waals surface area (Å²) in [6.45, 7) is 3.66. The van der Waals surface area contributed by atoms with Crippen molar-refractivity contribution in [2.45, 2.75) is 25.5 Å². The summed E-state index contributed by atoms with van der Waals surface area (Å²) in [6.07, 6.45) is 6.10. The molecule has 1 aliphatic rings. The lowest BCUT2D eigenvalue weighted by Crippen LogP contribution is -2.42. The second-order valence-electron chi connectivity index (χ2n) is 6.50. The van der Waals surface area contributed by atoms with Crippen LogP contribution in [0, 0.1) is 0 Å². The van der Waals surface area contributed by atoms with Crippen LogP contribution in [0.5, 0.6) is 0 Å². The normalized spacial score (nSPS) is 18.5. The molecule has 0 aromatic carbocycles. The van der Waals surface area contributed by atoms with Gasteiger partial charge in [0, 0.05) is 46.1 Å². The Balaban J connectivity index is 1.51. The molecule has 0 spiro atoms. The fourth-order valence-corrected chi connectivity index (χ4v) is 3.01. The SMILES string of the molecule is CN(C)c1cc(CCC2CN(Cc3ccccn3)CCO2)ccn1. The molecule has 3 rings (SSSR count). The van der Waals surface area contributed by atoms with Crippen molar-refractivity contribution in [3.63, 3.8) is 0 Å². The third-order valence-electron chi connectivity index (χ3n) is 4.36. The summed E-state index contributed by atoms with van der Waals surface area (Å²) in [4.78, 5) is 13.3. The molecule has 0 radical (unpaired) electrons. The van der Waals surface area contributed by atoms with Crippen molar-refractivity contribution in [1.29, 1.82) is 0 Å². The highest BCUT2D eigenvalue weighted by molar-refractivity contribution is 5.39. The quantitative estimate of drug-likeness (QED) is 0.815. The Morgan fingerprint density at radius 2 is 2.12 bits per heavy atom. The third-order valence-corrected chi connectivity index (χ3v) is 4.36. The average Bonchev–Trinajstić information content (AvgIpc) is 2.61. The maximum atomic E-state index is 5.96. The van der Waals surface area contributed by atoms with Crippen LogP contribution in [-0.2, 0) is 17.7 Å². The average molecular weight is 326 g/mol. The highest BCUT2D eigenvalue weighted by Crippen LogP contribution is 2.16. The second kappa shape index (κ2) is 8.22. The molecule has 1 saturated heterocycles. The van der Waals surface area contributed by atoms with Crippen LogP contribution in [0.3, 0.4) is 0 Å². The lowest BCUT2D eigenvalue weighted by Gasteiger charge is -2.32. The van der Waals surface area contributed by atoms with Crippen molar-refractivity contribution in [3.8, 4) is 0 Å². The van der Waals surface area contributed by atoms with Crippen molar-refractivity contribution in [2.24, 2.45) is 0 Å². The molecular weight excluding hydrogens is 300 g/mol. The van der Waals surface area contributed by atoms with E-state index in [1.807, 2.05) is 43.5 Å². The fraction of sp³-hybridized carbons (Fsp3) is 0.474. The maximum Gasteiger partial charge on any atom is 0.128 e. The molecule has 3 heterocycles. The Hall–Kier alpha value is -1.98. The van der Waals surface area contributed by atoms with E-state index in [-0.39, 0.29) is 0 Å². The van der Waals surface area contributed by atoms with E-state index in [0.717, 1.165) is 50.6 Å². The molecule has 0 bridgehead atoms. The number of rotatable bonds is 6. The van der Waals surface area contributed by atoms with Gasteiger partial charge in [0.2, 0.25) is 0 Å². The standard InChI is InChI=1S/C19H26N4O/c1-22(2)19-13-16(8-10-21-19)6-7-18-15-23(11-12-24-18)14-17-5-3-4-9-20-17/h3-5,8-10,13,18H,6-7,11-12,14-15H2,1-2H3. The van der Waals surface area contributed by atoms with Gasteiger partial charge < -0.3 is 9.64 Å². The largest absolute Gasteiger partial charge is 0.376 e. The van der Waals surface area contributed by atoms with E-state index in [1.54, 1.807) is 0 Å². The number of anilines is 1. The summed E-state index contributed by atoms with van der Waals surface area (Å²) in [5, 5.41) is 0. The molecule has 5 nitrogen and oxygen atoms in total. The van der Waals surface area contributed by atoms with Crippen LogP contribution in [0.4, 0.5) is 5.82 Å². The zero-order valence-electron chi connectivity index (χ0n) is 14.6. The summed E-state index contributed by atoms with van der Waals surface area (Å²) in [5.41, 5.74) is 2.45. The zero-order chi connectivity index (χ0) is 16.8. The molecule has 0 N–H and O–H groups in total. The molecule has 1 fully saturated rings. The molecule has 0 aliphatic carbocycles. The first-order valence-electron chi connectivity index (χ1n) is 8.57. The van der Waals surface area contributed by atoms with Crippen LogP contribution in [-0.4, -0.2) is 54.8 Å². The number of morpholine rings is 1. The molecule has 24 heavy (non-hydrogen) atoms. The van der Waals surface area contributed by atoms with E-state index in [4.69, 9.17) is 4.74 Å². The van der Waals surface area contributed by atoms with Gasteiger partial charge >= 0.3 is 0 Å². The molecule has 1 atom stereocenters. The summed E-state index contributed by atoms with van der Waals surface area (Å²) in [6, 6.07) is 10.4. The van der Waals surface area contributed by atoms with Crippen molar-refractivity contribution in [3.05, 3.63) is 54.0 Å². The van der Waals surface area contributed by atoms with Crippen molar-refractivity contribution >= 4 is 5.82 Å². The number of ether oxygens (including phenoxy) is 1. The lowest BCUT2D eigenvalue weighted by molar-refractivity contribution is -0.0349. The van der Waals surface area contributed by atoms with Gasteiger partial charge in [-0.25, -0.2) is 4.98 Å². The first-order valence-corrected chi connectivity index (χ1v) is 8.57. The van der Waals surface area contributed by atoms with E-state index in [9.17, 15) is 0 Å². The number of nitrogens with zero attached hydrogens (tertiary/aromatic N) is 4. The molecule has 2 aromatic heterocycles. The lowest BCUT2D eigenvalue weighted by atomic mass is 10.1. The molecule has 1 unspecified atom stereocenters. The van der Waals surface area contributed by atoms with Crippen molar-refractivity contribution in [2.75, 3.05) is 38.7 Å². The first kappa shape index (κ1) is 16.9. The number of hydrogen-bond acceptors (Lipinski definition) is 5. The van der Waals surface area contributed by atoms with Gasteiger partial charge in [0.25, 0.3) is 0 Å². The Kier molecular flexibility index (Phi) is 5.77. The Labute approximate surface area is 144 Å². The second-order valence-corrected chi connectivity index (χ2v) is 6.50. The van der Waals surface area contributed by atoms with Crippen LogP contribution in [0.2, 0.25) is 0 Å². The predicted octanol–water partition coefficient (Wildman–Crippen LogP) is 2.38. The minimum Gasteiger partial charge on any atom is -0.376 e. The van der Waals surface area contributed by atoms with Gasteiger partial charge in [-0.2, -0.15) is 0 Å². The topological polar surface area (TPSA) is 41.5 Å². The molecule has 0 saturated carbocycles. The first-order chi connectivity index (χ1) is 11.7. The number of pyridine rings is 2. The Morgan fingerprint density at radius 3 is 2.92 bits per heavy atom. The summed E-state index contributed by atoms with van der Waals surface area (Å²) in [7, 11) is 4.04. The maximum absolute atomic E-state index is 5.96. The van der Waals surface area contributed by atoms with E-state index in [1.165, 1.54) is 5.56 Å². The zero-order valence-corrected chi connectivity index (χ0v) is 14.6. The highest BCUT2D eigenvalue weighted by Gasteiger charge is 2.20. The Bertz CT molecular complexity index is 632. The molecule has 128 valence electrons. The monoisotopic (exact) mass is 326 g/mol. The molecule has 2 aromatic rings. The van der Waals surface area contributed by atoms with Gasteiger partial charge in [0.15, 0.2) is 0 Å². The number of hydrogen-bond donors (Lipinski definition) is 0. The van der Waals surface area contributed by atoms with E-state index in [0.29, 0.717) is 6.10 Å². The number of aromatic nitrogens is 2. The fourth-order valence-electron chi connectivity index (χ4n) is 3.01. The molecule has 0 amide bonds. The summed E-state index contributed by atoms with van der Waals surface area (Å²) in [5.74, 6) is 1.01. The van der Waals surface area contributed by atoms with Gasteiger partial charge in [-0.05, 0) is 42.7 Å².